The molecule has 1 heterocycles. The molecule has 2 unspecified atom stereocenters. The number of rotatable bonds is 3. The molecule has 0 amide bonds. The first-order valence-electron chi connectivity index (χ1n) is 5.76. The highest BCUT2D eigenvalue weighted by molar-refractivity contribution is 5.82. The van der Waals surface area contributed by atoms with E-state index in [2.05, 4.69) is 4.90 Å². The summed E-state index contributed by atoms with van der Waals surface area (Å²) in [6, 6.07) is 0.370. The fourth-order valence-corrected chi connectivity index (χ4v) is 2.60. The highest BCUT2D eigenvalue weighted by Gasteiger charge is 2.26. The largest absolute Gasteiger partial charge is 0.326 e. The van der Waals surface area contributed by atoms with Crippen LogP contribution in [0.25, 0.3) is 0 Å². The summed E-state index contributed by atoms with van der Waals surface area (Å²) in [7, 11) is 0. The molecule has 1 saturated carbocycles. The molecular weight excluding hydrogens is 176 g/mol. The van der Waals surface area contributed by atoms with Crippen LogP contribution in [0.3, 0.4) is 0 Å². The van der Waals surface area contributed by atoms with E-state index in [0.717, 1.165) is 51.7 Å². The van der Waals surface area contributed by atoms with E-state index < -0.39 is 0 Å². The maximum absolute atomic E-state index is 11.4. The number of hydrogen-bond donors (Lipinski definition) is 1. The molecule has 2 aliphatic rings. The number of nitrogens with two attached hydrogens (primary N) is 1. The van der Waals surface area contributed by atoms with E-state index in [9.17, 15) is 4.79 Å². The Morgan fingerprint density at radius 2 is 2.29 bits per heavy atom. The predicted octanol–water partition coefficient (Wildman–Crippen LogP) is 0.779. The van der Waals surface area contributed by atoms with Crippen LogP contribution < -0.4 is 5.73 Å². The van der Waals surface area contributed by atoms with Crippen molar-refractivity contribution in [3.63, 3.8) is 0 Å². The normalized spacial score (nSPS) is 34.2. The maximum atomic E-state index is 11.4. The first-order chi connectivity index (χ1) is 6.75. The lowest BCUT2D eigenvalue weighted by Gasteiger charge is -2.16. The predicted molar refractivity (Wildman–Crippen MR) is 56.0 cm³/mol. The third kappa shape index (κ3) is 2.34. The summed E-state index contributed by atoms with van der Waals surface area (Å²) in [5, 5.41) is 0. The lowest BCUT2D eigenvalue weighted by molar-refractivity contribution is -0.120. The van der Waals surface area contributed by atoms with E-state index in [4.69, 9.17) is 5.73 Å². The highest BCUT2D eigenvalue weighted by atomic mass is 16.1. The zero-order valence-corrected chi connectivity index (χ0v) is 8.74. The Hall–Kier alpha value is -0.410. The molecule has 80 valence electrons. The van der Waals surface area contributed by atoms with Gasteiger partial charge in [-0.25, -0.2) is 0 Å². The smallest absolute Gasteiger partial charge is 0.136 e. The number of Topliss-reactive ketones (excluding diaryl/α,β-unsaturated/α-hetero) is 1. The fraction of sp³-hybridized carbons (Fsp3) is 0.909. The second-order valence-electron chi connectivity index (χ2n) is 4.69. The van der Waals surface area contributed by atoms with Gasteiger partial charge in [0.25, 0.3) is 0 Å². The highest BCUT2D eigenvalue weighted by Crippen LogP contribution is 2.24. The Labute approximate surface area is 85.6 Å². The molecule has 3 nitrogen and oxygen atoms in total. The number of likely N-dealkylation sites (tertiary alicyclic amines) is 1. The first-order valence-corrected chi connectivity index (χ1v) is 5.76. The van der Waals surface area contributed by atoms with Gasteiger partial charge in [-0.2, -0.15) is 0 Å². The van der Waals surface area contributed by atoms with Crippen molar-refractivity contribution in [2.75, 3.05) is 19.6 Å². The maximum Gasteiger partial charge on any atom is 0.136 e. The van der Waals surface area contributed by atoms with Gasteiger partial charge >= 0.3 is 0 Å². The van der Waals surface area contributed by atoms with Gasteiger partial charge in [0.2, 0.25) is 0 Å². The Morgan fingerprint density at radius 1 is 1.43 bits per heavy atom. The SMILES string of the molecule is NC1CCN(CCC2CCCC2=O)C1. The van der Waals surface area contributed by atoms with Crippen molar-refractivity contribution in [2.45, 2.75) is 38.1 Å². The molecule has 1 saturated heterocycles. The minimum atomic E-state index is 0.367. The summed E-state index contributed by atoms with van der Waals surface area (Å²) < 4.78 is 0. The summed E-state index contributed by atoms with van der Waals surface area (Å²) >= 11 is 0. The molecule has 14 heavy (non-hydrogen) atoms. The molecular formula is C11H20N2O. The van der Waals surface area contributed by atoms with Crippen molar-refractivity contribution in [2.24, 2.45) is 11.7 Å². The standard InChI is InChI=1S/C11H20N2O/c12-10-5-7-13(8-10)6-4-9-2-1-3-11(9)14/h9-10H,1-8,12H2. The van der Waals surface area contributed by atoms with Crippen molar-refractivity contribution < 1.29 is 4.79 Å². The lowest BCUT2D eigenvalue weighted by Crippen LogP contribution is -2.28. The molecule has 0 aromatic rings. The van der Waals surface area contributed by atoms with Gasteiger partial charge in [0.1, 0.15) is 5.78 Å². The lowest BCUT2D eigenvalue weighted by atomic mass is 10.0. The van der Waals surface area contributed by atoms with Gasteiger partial charge < -0.3 is 10.6 Å². The zero-order valence-electron chi connectivity index (χ0n) is 8.74. The molecule has 2 rings (SSSR count). The fourth-order valence-electron chi connectivity index (χ4n) is 2.60. The van der Waals surface area contributed by atoms with Gasteiger partial charge in [-0.15, -0.1) is 0 Å². The Kier molecular flexibility index (Phi) is 3.19. The molecule has 3 heteroatoms. The minimum absolute atomic E-state index is 0.367. The molecule has 2 fully saturated rings. The molecule has 1 aliphatic heterocycles. The van der Waals surface area contributed by atoms with Gasteiger partial charge in [0.05, 0.1) is 0 Å². The minimum Gasteiger partial charge on any atom is -0.326 e. The topological polar surface area (TPSA) is 46.3 Å². The second kappa shape index (κ2) is 4.41. The van der Waals surface area contributed by atoms with E-state index in [1.165, 1.54) is 0 Å². The molecule has 2 atom stereocenters. The third-order valence-electron chi connectivity index (χ3n) is 3.53. The monoisotopic (exact) mass is 196 g/mol. The van der Waals surface area contributed by atoms with Crippen molar-refractivity contribution in [3.8, 4) is 0 Å². The van der Waals surface area contributed by atoms with Crippen molar-refractivity contribution in [3.05, 3.63) is 0 Å². The van der Waals surface area contributed by atoms with Crippen molar-refractivity contribution in [1.29, 1.82) is 0 Å². The van der Waals surface area contributed by atoms with Crippen LogP contribution >= 0.6 is 0 Å². The molecule has 0 radical (unpaired) electrons. The molecule has 0 spiro atoms. The van der Waals surface area contributed by atoms with Gasteiger partial charge in [-0.3, -0.25) is 4.79 Å². The average Bonchev–Trinajstić information content (AvgIpc) is 2.72. The number of hydrogen-bond acceptors (Lipinski definition) is 3. The van der Waals surface area contributed by atoms with E-state index in [-0.39, 0.29) is 0 Å². The van der Waals surface area contributed by atoms with Crippen LogP contribution in [0.2, 0.25) is 0 Å². The van der Waals surface area contributed by atoms with Gasteiger partial charge in [-0.1, -0.05) is 0 Å². The first kappa shape index (κ1) is 10.1. The molecule has 0 aromatic carbocycles. The summed E-state index contributed by atoms with van der Waals surface area (Å²) in [5.74, 6) is 0.861. The van der Waals surface area contributed by atoms with Gasteiger partial charge in [0, 0.05) is 24.9 Å². The molecule has 0 aromatic heterocycles. The van der Waals surface area contributed by atoms with Crippen LogP contribution in [0.1, 0.15) is 32.1 Å². The summed E-state index contributed by atoms with van der Waals surface area (Å²) in [4.78, 5) is 13.8. The molecule has 0 bridgehead atoms. The Bertz CT molecular complexity index is 217. The quantitative estimate of drug-likeness (QED) is 0.725. The van der Waals surface area contributed by atoms with Crippen LogP contribution in [-0.4, -0.2) is 36.4 Å². The van der Waals surface area contributed by atoms with Gasteiger partial charge in [0.15, 0.2) is 0 Å². The van der Waals surface area contributed by atoms with Crippen LogP contribution in [-0.2, 0) is 4.79 Å². The number of nitrogens with zero attached hydrogens (tertiary/aromatic N) is 1. The molecule has 1 aliphatic carbocycles. The second-order valence-corrected chi connectivity index (χ2v) is 4.69. The number of ketones is 1. The average molecular weight is 196 g/mol. The van der Waals surface area contributed by atoms with Crippen LogP contribution in [0.4, 0.5) is 0 Å². The van der Waals surface area contributed by atoms with E-state index >= 15 is 0 Å². The van der Waals surface area contributed by atoms with Crippen molar-refractivity contribution >= 4 is 5.78 Å². The third-order valence-corrected chi connectivity index (χ3v) is 3.53. The zero-order chi connectivity index (χ0) is 9.97. The summed E-state index contributed by atoms with van der Waals surface area (Å²) in [6.45, 7) is 3.23. The van der Waals surface area contributed by atoms with Crippen LogP contribution in [0, 0.1) is 5.92 Å². The van der Waals surface area contributed by atoms with Crippen LogP contribution in [0.5, 0.6) is 0 Å². The van der Waals surface area contributed by atoms with E-state index in [0.29, 0.717) is 17.7 Å². The van der Waals surface area contributed by atoms with Crippen molar-refractivity contribution in [1.82, 2.24) is 4.90 Å². The summed E-state index contributed by atoms with van der Waals surface area (Å²) in [5.41, 5.74) is 5.83. The van der Waals surface area contributed by atoms with E-state index in [1.54, 1.807) is 0 Å². The summed E-state index contributed by atoms with van der Waals surface area (Å²) in [6.07, 6.45) is 5.25. The van der Waals surface area contributed by atoms with Crippen LogP contribution in [0.15, 0.2) is 0 Å². The number of carbonyl (C=O) groups is 1. The Balaban J connectivity index is 1.69. The Morgan fingerprint density at radius 3 is 2.86 bits per heavy atom. The van der Waals surface area contributed by atoms with E-state index in [1.807, 2.05) is 0 Å². The molecule has 2 N–H and O–H groups in total. The number of carbonyl (C=O) groups excluding carboxylic acids is 1. The van der Waals surface area contributed by atoms with Gasteiger partial charge in [-0.05, 0) is 38.8 Å².